The molecule has 3 heterocycles. The number of nitrogens with zero attached hydrogens (tertiary/aromatic N) is 2. The number of aromatic amines is 1. The van der Waals surface area contributed by atoms with E-state index < -0.39 is 0 Å². The van der Waals surface area contributed by atoms with Gasteiger partial charge in [-0.2, -0.15) is 0 Å². The molecule has 2 aromatic carbocycles. The number of fused-ring (bicyclic) bond motifs is 3. The maximum atomic E-state index is 4.06. The van der Waals surface area contributed by atoms with Crippen molar-refractivity contribution in [3.05, 3.63) is 108 Å². The Balaban J connectivity index is 1.51. The molecule has 0 saturated heterocycles. The third kappa shape index (κ3) is 3.71. The molecule has 3 heteroatoms. The zero-order valence-electron chi connectivity index (χ0n) is 15.8. The van der Waals surface area contributed by atoms with Crippen molar-refractivity contribution in [3.8, 4) is 0 Å². The Labute approximate surface area is 169 Å². The molecule has 5 aromatic rings. The topological polar surface area (TPSA) is 41.6 Å². The lowest BCUT2D eigenvalue weighted by atomic mass is 10.1. The van der Waals surface area contributed by atoms with Crippen LogP contribution in [-0.4, -0.2) is 15.0 Å². The van der Waals surface area contributed by atoms with Gasteiger partial charge in [0, 0.05) is 46.6 Å². The van der Waals surface area contributed by atoms with E-state index >= 15 is 0 Å². The summed E-state index contributed by atoms with van der Waals surface area (Å²) in [5.41, 5.74) is 6.93. The van der Waals surface area contributed by atoms with Crippen molar-refractivity contribution in [2.45, 2.75) is 0 Å². The highest BCUT2D eigenvalue weighted by atomic mass is 14.7. The highest BCUT2D eigenvalue weighted by molar-refractivity contribution is 6.08. The van der Waals surface area contributed by atoms with Gasteiger partial charge in [0.2, 0.25) is 0 Å². The maximum absolute atomic E-state index is 4.06. The molecular weight excluding hydrogens is 354 g/mol. The molecule has 0 saturated carbocycles. The minimum Gasteiger partial charge on any atom is -0.355 e. The molecule has 0 atom stereocenters. The van der Waals surface area contributed by atoms with Gasteiger partial charge >= 0.3 is 0 Å². The first-order valence-electron chi connectivity index (χ1n) is 9.57. The molecule has 0 fully saturated rings. The number of pyridine rings is 2. The highest BCUT2D eigenvalue weighted by Crippen LogP contribution is 2.28. The van der Waals surface area contributed by atoms with E-state index in [9.17, 15) is 0 Å². The Morgan fingerprint density at radius 2 is 0.897 bits per heavy atom. The van der Waals surface area contributed by atoms with E-state index in [0.717, 1.165) is 22.2 Å². The van der Waals surface area contributed by atoms with Gasteiger partial charge in [-0.1, -0.05) is 36.4 Å². The van der Waals surface area contributed by atoms with Gasteiger partial charge in [0.15, 0.2) is 0 Å². The molecule has 0 aliphatic rings. The van der Waals surface area contributed by atoms with Crippen LogP contribution in [0, 0.1) is 0 Å². The summed E-state index contributed by atoms with van der Waals surface area (Å²) < 4.78 is 0. The summed E-state index contributed by atoms with van der Waals surface area (Å²) in [7, 11) is 0. The molecular formula is C26H19N3. The van der Waals surface area contributed by atoms with E-state index in [4.69, 9.17) is 0 Å². The van der Waals surface area contributed by atoms with Gasteiger partial charge in [0.25, 0.3) is 0 Å². The second-order valence-corrected chi connectivity index (χ2v) is 6.96. The predicted molar refractivity (Wildman–Crippen MR) is 122 cm³/mol. The molecule has 3 nitrogen and oxygen atoms in total. The first-order chi connectivity index (χ1) is 14.3. The summed E-state index contributed by atoms with van der Waals surface area (Å²) in [4.78, 5) is 11.6. The third-order valence-electron chi connectivity index (χ3n) is 5.00. The fraction of sp³-hybridized carbons (Fsp3) is 0. The molecule has 0 radical (unpaired) electrons. The van der Waals surface area contributed by atoms with Crippen LogP contribution in [0.4, 0.5) is 0 Å². The van der Waals surface area contributed by atoms with Crippen LogP contribution in [0.5, 0.6) is 0 Å². The summed E-state index contributed by atoms with van der Waals surface area (Å²) >= 11 is 0. The standard InChI is InChI=1S/C26H19N3/c1(19-9-13-27-14-10-19)3-21-5-7-25-23(17-21)24-18-22(6-8-26(24)29-25)4-2-20-11-15-28-16-12-20/h1-18,29H/b3-1+,4-2+. The average molecular weight is 373 g/mol. The molecule has 0 amide bonds. The third-order valence-corrected chi connectivity index (χ3v) is 5.00. The van der Waals surface area contributed by atoms with Crippen molar-refractivity contribution >= 4 is 46.1 Å². The van der Waals surface area contributed by atoms with Gasteiger partial charge in [-0.3, -0.25) is 9.97 Å². The van der Waals surface area contributed by atoms with Gasteiger partial charge in [0.05, 0.1) is 0 Å². The quantitative estimate of drug-likeness (QED) is 0.393. The molecule has 1 N–H and O–H groups in total. The minimum absolute atomic E-state index is 1.14. The summed E-state index contributed by atoms with van der Waals surface area (Å²) in [6.07, 6.45) is 15.7. The molecule has 0 aliphatic carbocycles. The summed E-state index contributed by atoms with van der Waals surface area (Å²) in [6.45, 7) is 0. The van der Waals surface area contributed by atoms with Crippen LogP contribution in [0.2, 0.25) is 0 Å². The van der Waals surface area contributed by atoms with Crippen molar-refractivity contribution in [2.75, 3.05) is 0 Å². The lowest BCUT2D eigenvalue weighted by Crippen LogP contribution is -1.76. The number of nitrogens with one attached hydrogen (secondary N) is 1. The molecule has 5 rings (SSSR count). The Kier molecular flexibility index (Phi) is 4.47. The number of hydrogen-bond donors (Lipinski definition) is 1. The van der Waals surface area contributed by atoms with Crippen LogP contribution in [0.1, 0.15) is 22.3 Å². The largest absolute Gasteiger partial charge is 0.355 e. The fourth-order valence-electron chi connectivity index (χ4n) is 3.47. The van der Waals surface area contributed by atoms with Gasteiger partial charge in [-0.05, 0) is 70.8 Å². The van der Waals surface area contributed by atoms with E-state index in [0.29, 0.717) is 0 Å². The fourth-order valence-corrected chi connectivity index (χ4v) is 3.47. The molecule has 3 aromatic heterocycles. The highest BCUT2D eigenvalue weighted by Gasteiger charge is 2.05. The van der Waals surface area contributed by atoms with Crippen LogP contribution in [0.15, 0.2) is 85.5 Å². The van der Waals surface area contributed by atoms with Crippen molar-refractivity contribution in [1.29, 1.82) is 0 Å². The number of aromatic nitrogens is 3. The molecule has 0 spiro atoms. The van der Waals surface area contributed by atoms with Gasteiger partial charge in [0.1, 0.15) is 0 Å². The minimum atomic E-state index is 1.14. The van der Waals surface area contributed by atoms with Crippen LogP contribution in [-0.2, 0) is 0 Å². The zero-order chi connectivity index (χ0) is 19.5. The summed E-state index contributed by atoms with van der Waals surface area (Å²) in [5, 5.41) is 2.46. The van der Waals surface area contributed by atoms with Gasteiger partial charge in [-0.25, -0.2) is 0 Å². The Hall–Kier alpha value is -3.98. The van der Waals surface area contributed by atoms with E-state index in [1.54, 1.807) is 0 Å². The second-order valence-electron chi connectivity index (χ2n) is 6.96. The van der Waals surface area contributed by atoms with E-state index in [1.165, 1.54) is 21.9 Å². The van der Waals surface area contributed by atoms with Crippen LogP contribution in [0.25, 0.3) is 46.1 Å². The van der Waals surface area contributed by atoms with Crippen molar-refractivity contribution in [2.24, 2.45) is 0 Å². The van der Waals surface area contributed by atoms with Crippen molar-refractivity contribution < 1.29 is 0 Å². The average Bonchev–Trinajstić information content (AvgIpc) is 3.15. The number of rotatable bonds is 4. The SMILES string of the molecule is C(=C\c1ccc2[nH]c3ccc(/C=C/c4ccncc4)cc3c2c1)/c1ccncc1. The molecule has 0 aliphatic heterocycles. The van der Waals surface area contributed by atoms with Gasteiger partial charge in [-0.15, -0.1) is 0 Å². The lowest BCUT2D eigenvalue weighted by Gasteiger charge is -1.98. The first kappa shape index (κ1) is 17.1. The van der Waals surface area contributed by atoms with E-state index in [1.807, 2.05) is 49.1 Å². The smallest absolute Gasteiger partial charge is 0.0465 e. The first-order valence-corrected chi connectivity index (χ1v) is 9.57. The van der Waals surface area contributed by atoms with E-state index in [2.05, 4.69) is 75.7 Å². The number of hydrogen-bond acceptors (Lipinski definition) is 2. The molecule has 138 valence electrons. The van der Waals surface area contributed by atoms with Crippen molar-refractivity contribution in [1.82, 2.24) is 15.0 Å². The monoisotopic (exact) mass is 373 g/mol. The molecule has 0 bridgehead atoms. The molecule has 29 heavy (non-hydrogen) atoms. The predicted octanol–water partition coefficient (Wildman–Crippen LogP) is 6.45. The number of benzene rings is 2. The zero-order valence-corrected chi connectivity index (χ0v) is 15.8. The lowest BCUT2D eigenvalue weighted by molar-refractivity contribution is 1.32. The van der Waals surface area contributed by atoms with E-state index in [-0.39, 0.29) is 0 Å². The Morgan fingerprint density at radius 1 is 0.483 bits per heavy atom. The van der Waals surface area contributed by atoms with Crippen LogP contribution < -0.4 is 0 Å². The van der Waals surface area contributed by atoms with Crippen LogP contribution >= 0.6 is 0 Å². The normalized spacial score (nSPS) is 11.9. The maximum Gasteiger partial charge on any atom is 0.0465 e. The van der Waals surface area contributed by atoms with Crippen LogP contribution in [0.3, 0.4) is 0 Å². The Bertz CT molecular complexity index is 1230. The number of H-pyrrole nitrogens is 1. The molecule has 0 unspecified atom stereocenters. The second kappa shape index (κ2) is 7.56. The van der Waals surface area contributed by atoms with Crippen molar-refractivity contribution in [3.63, 3.8) is 0 Å². The Morgan fingerprint density at radius 3 is 1.34 bits per heavy atom. The summed E-state index contributed by atoms with van der Waals surface area (Å²) in [5.74, 6) is 0. The summed E-state index contributed by atoms with van der Waals surface area (Å²) in [6, 6.07) is 21.1. The van der Waals surface area contributed by atoms with Gasteiger partial charge < -0.3 is 4.98 Å².